The molecule has 8 aromatic carbocycles. The van der Waals surface area contributed by atoms with Crippen LogP contribution < -0.4 is 45.8 Å². The Morgan fingerprint density at radius 2 is 1.23 bits per heavy atom. The van der Waals surface area contributed by atoms with E-state index in [0.29, 0.717) is 130 Å². The second-order valence-electron chi connectivity index (χ2n) is 31.7. The number of pyridine rings is 2. The summed E-state index contributed by atoms with van der Waals surface area (Å²) in [4.78, 5) is 132. The molecule has 14 rings (SSSR count). The van der Waals surface area contributed by atoms with E-state index in [2.05, 4.69) is 30.2 Å². The number of morpholine rings is 1. The highest BCUT2D eigenvalue weighted by atomic mass is 35.5. The summed E-state index contributed by atoms with van der Waals surface area (Å²) in [5.41, 5.74) is 0.751. The van der Waals surface area contributed by atoms with Gasteiger partial charge in [0.15, 0.2) is 17.1 Å². The minimum atomic E-state index is -4.87. The fourth-order valence-corrected chi connectivity index (χ4v) is 15.1. The first-order valence-electron chi connectivity index (χ1n) is 43.1. The summed E-state index contributed by atoms with van der Waals surface area (Å²) < 4.78 is 135. The third-order valence-electron chi connectivity index (χ3n) is 21.8. The molecule has 2 N–H and O–H groups in total. The molecule has 0 saturated carbocycles. The number of fused-ring (bicyclic) bond motifs is 3. The van der Waals surface area contributed by atoms with Gasteiger partial charge in [0, 0.05) is 89.1 Å². The Morgan fingerprint density at radius 1 is 0.596 bits per heavy atom. The van der Waals surface area contributed by atoms with Crippen molar-refractivity contribution in [3.8, 4) is 34.4 Å². The fraction of sp³-hybridized carbons (Fsp3) is 0.306. The highest BCUT2D eigenvalue weighted by Gasteiger charge is 2.37. The summed E-state index contributed by atoms with van der Waals surface area (Å²) in [5, 5.41) is 4.46. The zero-order chi connectivity index (χ0) is 97.3. The van der Waals surface area contributed by atoms with Gasteiger partial charge in [0.25, 0.3) is 22.6 Å². The lowest BCUT2D eigenvalue weighted by Crippen LogP contribution is -2.44. The molecule has 6 heterocycles. The van der Waals surface area contributed by atoms with E-state index in [1.807, 2.05) is 75.2 Å². The Labute approximate surface area is 787 Å². The van der Waals surface area contributed by atoms with Gasteiger partial charge < -0.3 is 58.1 Å². The molecule has 38 heteroatoms. The second kappa shape index (κ2) is 47.4. The Hall–Kier alpha value is -13.8. The molecule has 1 aliphatic heterocycles. The molecular formula is C98H100Cl2F7N15O14. The molecule has 2 unspecified atom stereocenters. The summed E-state index contributed by atoms with van der Waals surface area (Å²) in [6, 6.07) is 50.7. The lowest BCUT2D eigenvalue weighted by molar-refractivity contribution is -0.140. The lowest BCUT2D eigenvalue weighted by atomic mass is 10.1. The number of benzene rings is 8. The van der Waals surface area contributed by atoms with E-state index in [-0.39, 0.29) is 121 Å². The smallest absolute Gasteiger partial charge is 0.419 e. The van der Waals surface area contributed by atoms with Crippen molar-refractivity contribution in [3.63, 3.8) is 0 Å². The zero-order valence-electron chi connectivity index (χ0n) is 75.6. The first kappa shape index (κ1) is 101. The minimum Gasteiger partial charge on any atom is -0.497 e. The van der Waals surface area contributed by atoms with Gasteiger partial charge in [-0.1, -0.05) is 83.9 Å². The number of H-pyrrole nitrogens is 1. The van der Waals surface area contributed by atoms with Crippen molar-refractivity contribution in [1.29, 1.82) is 0 Å². The van der Waals surface area contributed by atoms with E-state index in [1.165, 1.54) is 52.4 Å². The number of aromatic nitrogens is 8. The number of amides is 4. The SMILES string of the molecule is CCOc1ccc(-n2c(C(CCNC(=O)OCc3ccccc3)N(CCN(C)C)C(=O)Cc3ccc(Cl)c(Cl)c3)nc3ncccc3c2=O)cc1.COc1cc2nc(N(CCN3CCOCC3)C(=O)c3ccc(C(F)(F)F)cc3)[nH]c(=O)c2cc1OC.COc1ccc(-n2c(C(CN(Cc3cccnc3)C(=O)Cc3ccc(C(F)(F)F)c(F)c3)OCCN(C)C)nc3ccccc3c2=O)cc1. The number of alkyl carbamates (subject to hydrolysis) is 1. The van der Waals surface area contributed by atoms with Crippen molar-refractivity contribution in [2.24, 2.45) is 0 Å². The van der Waals surface area contributed by atoms with E-state index in [1.54, 1.807) is 139 Å². The number of methoxy groups -OCH3 is 3. The number of nitrogens with zero attached hydrogens (tertiary/aromatic N) is 13. The van der Waals surface area contributed by atoms with Crippen LogP contribution in [0.4, 0.5) is 41.5 Å². The van der Waals surface area contributed by atoms with Crippen LogP contribution in [-0.2, 0) is 62.1 Å². The van der Waals surface area contributed by atoms with Crippen LogP contribution >= 0.6 is 23.2 Å². The lowest BCUT2D eigenvalue weighted by Gasteiger charge is -2.34. The van der Waals surface area contributed by atoms with Crippen molar-refractivity contribution in [2.75, 3.05) is 140 Å². The van der Waals surface area contributed by atoms with Crippen LogP contribution in [0.25, 0.3) is 44.2 Å². The number of hydrogen-bond donors (Lipinski definition) is 2. The number of alkyl halides is 6. The molecule has 0 aliphatic carbocycles. The van der Waals surface area contributed by atoms with E-state index < -0.39 is 71.3 Å². The van der Waals surface area contributed by atoms with Gasteiger partial charge in [0.05, 0.1) is 133 Å². The van der Waals surface area contributed by atoms with Crippen molar-refractivity contribution in [1.82, 2.24) is 68.9 Å². The van der Waals surface area contributed by atoms with Crippen LogP contribution in [0, 0.1) is 5.82 Å². The molecule has 29 nitrogen and oxygen atoms in total. The molecule has 1 aliphatic rings. The second-order valence-corrected chi connectivity index (χ2v) is 32.5. The molecule has 0 bridgehead atoms. The predicted octanol–water partition coefficient (Wildman–Crippen LogP) is 15.3. The molecule has 136 heavy (non-hydrogen) atoms. The number of para-hydroxylation sites is 1. The van der Waals surface area contributed by atoms with Crippen molar-refractivity contribution in [3.05, 3.63) is 316 Å². The van der Waals surface area contributed by atoms with Gasteiger partial charge in [-0.2, -0.15) is 26.3 Å². The van der Waals surface area contributed by atoms with E-state index in [4.69, 9.17) is 66.3 Å². The van der Waals surface area contributed by atoms with Crippen LogP contribution in [0.5, 0.6) is 23.0 Å². The van der Waals surface area contributed by atoms with Gasteiger partial charge in [-0.15, -0.1) is 0 Å². The molecular weight excluding hydrogens is 1820 g/mol. The van der Waals surface area contributed by atoms with Crippen molar-refractivity contribution in [2.45, 2.75) is 63.8 Å². The number of hydrogen-bond acceptors (Lipinski definition) is 22. The largest absolute Gasteiger partial charge is 0.497 e. The molecule has 4 amide bonds. The molecule has 1 saturated heterocycles. The van der Waals surface area contributed by atoms with Gasteiger partial charge >= 0.3 is 18.4 Å². The topological polar surface area (TPSA) is 306 Å². The highest BCUT2D eigenvalue weighted by Crippen LogP contribution is 2.36. The average Bonchev–Trinajstić information content (AvgIpc) is 0.755. The van der Waals surface area contributed by atoms with Crippen LogP contribution in [0.1, 0.15) is 80.9 Å². The van der Waals surface area contributed by atoms with Crippen LogP contribution in [0.2, 0.25) is 10.0 Å². The van der Waals surface area contributed by atoms with E-state index >= 15 is 0 Å². The summed E-state index contributed by atoms with van der Waals surface area (Å²) in [6.45, 7) is 7.08. The zero-order valence-corrected chi connectivity index (χ0v) is 77.1. The first-order valence-corrected chi connectivity index (χ1v) is 43.9. The maximum atomic E-state index is 14.5. The summed E-state index contributed by atoms with van der Waals surface area (Å²) >= 11 is 12.5. The monoisotopic (exact) mass is 1910 g/mol. The third-order valence-corrected chi connectivity index (χ3v) is 22.5. The normalized spacial score (nSPS) is 12.7. The number of rotatable bonds is 35. The van der Waals surface area contributed by atoms with Gasteiger partial charge in [-0.05, 0) is 197 Å². The van der Waals surface area contributed by atoms with Crippen molar-refractivity contribution >= 4 is 85.8 Å². The number of aromatic amines is 1. The number of nitrogens with one attached hydrogen (secondary N) is 2. The van der Waals surface area contributed by atoms with Gasteiger partial charge in [-0.25, -0.2) is 29.1 Å². The molecule has 5 aromatic heterocycles. The Bertz CT molecular complexity index is 6470. The van der Waals surface area contributed by atoms with Crippen molar-refractivity contribution < 1.29 is 83.1 Å². The average molecular weight is 1920 g/mol. The molecule has 2 atom stereocenters. The van der Waals surface area contributed by atoms with E-state index in [0.717, 1.165) is 42.0 Å². The minimum absolute atomic E-state index is 0.00643. The number of carbonyl (C=O) groups excluding carboxylic acids is 4. The predicted molar refractivity (Wildman–Crippen MR) is 500 cm³/mol. The summed E-state index contributed by atoms with van der Waals surface area (Å²) in [6.07, 6.45) is -6.42. The number of carbonyl (C=O) groups is 4. The number of anilines is 1. The summed E-state index contributed by atoms with van der Waals surface area (Å²) in [7, 11) is 12.0. The Morgan fingerprint density at radius 3 is 1.88 bits per heavy atom. The summed E-state index contributed by atoms with van der Waals surface area (Å²) in [5.74, 6) is -0.400. The Balaban J connectivity index is 0.000000186. The Kier molecular flexibility index (Phi) is 35.3. The fourth-order valence-electron chi connectivity index (χ4n) is 14.8. The number of halogens is 9. The van der Waals surface area contributed by atoms with Crippen LogP contribution in [0.15, 0.2) is 233 Å². The van der Waals surface area contributed by atoms with Gasteiger partial charge in [0.2, 0.25) is 17.8 Å². The standard InChI is InChI=1S/C38H40Cl2N6O5.C36H35F4N5O4.C24H25F3N4O5/c1-4-50-29-15-13-28(14-16-29)46-36(43-35-30(37(46)48)11-8-19-41-35)33(18-20-42-38(49)51-25-26-9-6-5-7-10-26)45(22-21-44(2)3)34(47)24-27-12-17-31(39)32(40)23-27;1-43(2)17-18-49-32(34-42-31-9-5-4-8-28(31)35(47)45(34)26-11-13-27(48-3)14-12-26)23-44(22-25-7-6-16-41-21-25)33(46)20-24-10-15-29(30(37)19-24)36(38,39)40;1-34-19-13-17-18(14-20(19)35-2)28-23(29-21(17)32)31(8-7-30-9-11-36-12-10-30)22(33)15-3-5-16(6-4-15)24(25,26)27/h5-17,19,23,33H,4,18,20-22,24-25H2,1-3H3,(H,42,49);4-16,19,21,32H,17-18,20,22-23H2,1-3H3;3-6,13-14H,7-12H2,1-2H3,(H,28,29,32). The number of likely N-dealkylation sites (N-methyl/N-ethyl adjacent to an activating group) is 2. The maximum absolute atomic E-state index is 14.5. The molecule has 0 radical (unpaired) electrons. The first-order chi connectivity index (χ1) is 65.3. The van der Waals surface area contributed by atoms with Gasteiger partial charge in [0.1, 0.15) is 41.7 Å². The van der Waals surface area contributed by atoms with Crippen LogP contribution in [0.3, 0.4) is 0 Å². The molecule has 0 spiro atoms. The number of ether oxygens (including phenoxy) is 7. The van der Waals surface area contributed by atoms with E-state index in [9.17, 15) is 64.3 Å². The molecule has 13 aromatic rings. The molecule has 1 fully saturated rings. The quantitative estimate of drug-likeness (QED) is 0.0349. The highest BCUT2D eigenvalue weighted by molar-refractivity contribution is 6.42. The third kappa shape index (κ3) is 26.9. The maximum Gasteiger partial charge on any atom is 0.419 e. The van der Waals surface area contributed by atoms with Gasteiger partial charge in [-0.3, -0.25) is 57.7 Å². The molecule has 714 valence electrons. The van der Waals surface area contributed by atoms with Crippen LogP contribution in [-0.4, -0.2) is 222 Å².